The molecule has 4 aliphatic carbocycles. The van der Waals surface area contributed by atoms with E-state index in [1.807, 2.05) is 0 Å². The van der Waals surface area contributed by atoms with Crippen molar-refractivity contribution in [3.63, 3.8) is 0 Å². The van der Waals surface area contributed by atoms with Gasteiger partial charge in [-0.15, -0.1) is 0 Å². The Balaban J connectivity index is 1.82. The fraction of sp³-hybridized carbons (Fsp3) is 0.833. The van der Waals surface area contributed by atoms with Gasteiger partial charge in [0, 0.05) is 0 Å². The Kier molecular flexibility index (Phi) is 1.69. The minimum Gasteiger partial charge on any atom is -0.334 e. The maximum absolute atomic E-state index is 12.0. The Morgan fingerprint density at radius 3 is 2.12 bits per heavy atom. The standard InChI is InChI=1S/C12H18N4O/c13-15-7-14-16(11(15)17)12-4-8-1-9(5-12)3-10(2-8)6-12/h7-10H,1-6,13H2. The van der Waals surface area contributed by atoms with Crippen LogP contribution in [0.4, 0.5) is 0 Å². The molecule has 5 nitrogen and oxygen atoms in total. The van der Waals surface area contributed by atoms with E-state index >= 15 is 0 Å². The number of hydrogen-bond donors (Lipinski definition) is 1. The van der Waals surface area contributed by atoms with Crippen LogP contribution in [0.3, 0.4) is 0 Å². The smallest absolute Gasteiger partial charge is 0.334 e. The second-order valence-electron chi connectivity index (χ2n) is 6.37. The summed E-state index contributed by atoms with van der Waals surface area (Å²) in [7, 11) is 0. The van der Waals surface area contributed by atoms with Gasteiger partial charge in [-0.05, 0) is 56.3 Å². The monoisotopic (exact) mass is 234 g/mol. The van der Waals surface area contributed by atoms with Gasteiger partial charge < -0.3 is 5.84 Å². The predicted octanol–water partition coefficient (Wildman–Crippen LogP) is 0.684. The normalized spacial score (nSPS) is 43.2. The topological polar surface area (TPSA) is 65.8 Å². The molecule has 0 aromatic carbocycles. The van der Waals surface area contributed by atoms with E-state index in [2.05, 4.69) is 5.10 Å². The molecule has 17 heavy (non-hydrogen) atoms. The Morgan fingerprint density at radius 1 is 1.18 bits per heavy atom. The lowest BCUT2D eigenvalue weighted by Crippen LogP contribution is -2.55. The number of nitrogens with zero attached hydrogens (tertiary/aromatic N) is 3. The zero-order chi connectivity index (χ0) is 11.6. The van der Waals surface area contributed by atoms with Crippen molar-refractivity contribution in [3.8, 4) is 0 Å². The summed E-state index contributed by atoms with van der Waals surface area (Å²) in [4.78, 5) is 12.0. The molecule has 4 bridgehead atoms. The van der Waals surface area contributed by atoms with Crippen molar-refractivity contribution in [2.75, 3.05) is 5.84 Å². The largest absolute Gasteiger partial charge is 0.364 e. The van der Waals surface area contributed by atoms with Crippen LogP contribution >= 0.6 is 0 Å². The van der Waals surface area contributed by atoms with E-state index in [-0.39, 0.29) is 11.2 Å². The summed E-state index contributed by atoms with van der Waals surface area (Å²) in [6.45, 7) is 0. The molecule has 0 aliphatic heterocycles. The molecular formula is C12H18N4O. The lowest BCUT2D eigenvalue weighted by atomic mass is 9.53. The van der Waals surface area contributed by atoms with E-state index in [1.54, 1.807) is 4.68 Å². The van der Waals surface area contributed by atoms with Gasteiger partial charge in [0.15, 0.2) is 0 Å². The molecule has 4 saturated carbocycles. The number of nitrogens with two attached hydrogens (primary N) is 1. The molecule has 5 heteroatoms. The highest BCUT2D eigenvalue weighted by molar-refractivity contribution is 5.04. The van der Waals surface area contributed by atoms with Crippen molar-refractivity contribution in [2.45, 2.75) is 44.1 Å². The van der Waals surface area contributed by atoms with Crippen LogP contribution in [0.5, 0.6) is 0 Å². The van der Waals surface area contributed by atoms with E-state index in [9.17, 15) is 4.79 Å². The van der Waals surface area contributed by atoms with Gasteiger partial charge in [-0.1, -0.05) is 0 Å². The van der Waals surface area contributed by atoms with Crippen molar-refractivity contribution in [2.24, 2.45) is 17.8 Å². The molecule has 0 saturated heterocycles. The molecule has 1 aromatic rings. The third-order valence-corrected chi connectivity index (χ3v) is 5.15. The van der Waals surface area contributed by atoms with Crippen LogP contribution in [0, 0.1) is 17.8 Å². The average molecular weight is 234 g/mol. The highest BCUT2D eigenvalue weighted by Gasteiger charge is 2.53. The van der Waals surface area contributed by atoms with Crippen molar-refractivity contribution in [1.29, 1.82) is 0 Å². The molecule has 5 rings (SSSR count). The van der Waals surface area contributed by atoms with E-state index < -0.39 is 0 Å². The highest BCUT2D eigenvalue weighted by Crippen LogP contribution is 2.58. The number of hydrogen-bond acceptors (Lipinski definition) is 3. The summed E-state index contributed by atoms with van der Waals surface area (Å²) < 4.78 is 2.80. The van der Waals surface area contributed by atoms with Crippen molar-refractivity contribution in [3.05, 3.63) is 16.8 Å². The van der Waals surface area contributed by atoms with E-state index in [1.165, 1.54) is 25.6 Å². The van der Waals surface area contributed by atoms with Crippen molar-refractivity contribution < 1.29 is 0 Å². The molecule has 4 aliphatic rings. The van der Waals surface area contributed by atoms with Crippen LogP contribution in [0.25, 0.3) is 0 Å². The van der Waals surface area contributed by atoms with E-state index in [0.717, 1.165) is 41.7 Å². The van der Waals surface area contributed by atoms with Crippen LogP contribution in [0.15, 0.2) is 11.1 Å². The van der Waals surface area contributed by atoms with Gasteiger partial charge in [-0.25, -0.2) is 9.48 Å². The van der Waals surface area contributed by atoms with Crippen LogP contribution in [0.1, 0.15) is 38.5 Å². The first-order valence-corrected chi connectivity index (χ1v) is 6.58. The Labute approximate surface area is 99.6 Å². The number of nitrogen functional groups attached to an aromatic ring is 1. The molecule has 0 radical (unpaired) electrons. The van der Waals surface area contributed by atoms with Gasteiger partial charge in [0.1, 0.15) is 6.33 Å². The molecule has 4 fully saturated rings. The van der Waals surface area contributed by atoms with E-state index in [0.29, 0.717) is 0 Å². The third-order valence-electron chi connectivity index (χ3n) is 5.15. The summed E-state index contributed by atoms with van der Waals surface area (Å²) in [6, 6.07) is 0. The molecule has 1 aromatic heterocycles. The summed E-state index contributed by atoms with van der Waals surface area (Å²) in [5.74, 6) is 8.03. The lowest BCUT2D eigenvalue weighted by molar-refractivity contribution is -0.0514. The van der Waals surface area contributed by atoms with Gasteiger partial charge in [0.05, 0.1) is 5.54 Å². The molecule has 0 amide bonds. The second kappa shape index (κ2) is 2.94. The van der Waals surface area contributed by atoms with Gasteiger partial charge >= 0.3 is 5.69 Å². The zero-order valence-electron chi connectivity index (χ0n) is 9.88. The second-order valence-corrected chi connectivity index (χ2v) is 6.37. The first-order valence-electron chi connectivity index (χ1n) is 6.58. The Morgan fingerprint density at radius 2 is 1.71 bits per heavy atom. The summed E-state index contributed by atoms with van der Waals surface area (Å²) in [5.41, 5.74) is -0.150. The molecule has 92 valence electrons. The SMILES string of the molecule is Nn1cnn(C23CC4CC(CC(C4)C2)C3)c1=O. The molecule has 1 heterocycles. The minimum atomic E-state index is -0.146. The first-order chi connectivity index (χ1) is 8.16. The molecule has 0 atom stereocenters. The van der Waals surface area contributed by atoms with Crippen LogP contribution in [0.2, 0.25) is 0 Å². The van der Waals surface area contributed by atoms with Gasteiger partial charge in [-0.3, -0.25) is 0 Å². The highest BCUT2D eigenvalue weighted by atomic mass is 16.2. The van der Waals surface area contributed by atoms with Crippen LogP contribution in [-0.4, -0.2) is 14.5 Å². The van der Waals surface area contributed by atoms with Gasteiger partial charge in [-0.2, -0.15) is 9.77 Å². The molecular weight excluding hydrogens is 216 g/mol. The summed E-state index contributed by atoms with van der Waals surface area (Å²) in [6.07, 6.45) is 8.97. The fourth-order valence-corrected chi connectivity index (χ4v) is 4.97. The van der Waals surface area contributed by atoms with E-state index in [4.69, 9.17) is 5.84 Å². The number of rotatable bonds is 1. The quantitative estimate of drug-likeness (QED) is 0.727. The molecule has 0 spiro atoms. The van der Waals surface area contributed by atoms with Crippen LogP contribution < -0.4 is 11.5 Å². The van der Waals surface area contributed by atoms with Crippen molar-refractivity contribution >= 4 is 0 Å². The Hall–Kier alpha value is -1.26. The maximum atomic E-state index is 12.0. The zero-order valence-corrected chi connectivity index (χ0v) is 9.88. The molecule has 2 N–H and O–H groups in total. The maximum Gasteiger partial charge on any atom is 0.364 e. The van der Waals surface area contributed by atoms with Gasteiger partial charge in [0.25, 0.3) is 0 Å². The predicted molar refractivity (Wildman–Crippen MR) is 62.8 cm³/mol. The van der Waals surface area contributed by atoms with Gasteiger partial charge in [0.2, 0.25) is 0 Å². The van der Waals surface area contributed by atoms with Crippen molar-refractivity contribution in [1.82, 2.24) is 14.5 Å². The van der Waals surface area contributed by atoms with Crippen LogP contribution in [-0.2, 0) is 5.54 Å². The third kappa shape index (κ3) is 1.20. The average Bonchev–Trinajstić information content (AvgIpc) is 2.58. The number of aromatic nitrogens is 3. The fourth-order valence-electron chi connectivity index (χ4n) is 4.97. The minimum absolute atomic E-state index is 0.00352. The lowest BCUT2D eigenvalue weighted by Gasteiger charge is -2.56. The first kappa shape index (κ1) is 9.74. The Bertz CT molecular complexity index is 480. The summed E-state index contributed by atoms with van der Waals surface area (Å²) in [5, 5.41) is 4.25. The molecule has 0 unspecified atom stereocenters. The summed E-state index contributed by atoms with van der Waals surface area (Å²) >= 11 is 0.